The number of aromatic nitrogens is 4. The summed E-state index contributed by atoms with van der Waals surface area (Å²) in [6.07, 6.45) is 1.31. The molecule has 1 aliphatic heterocycles. The van der Waals surface area contributed by atoms with E-state index in [1.807, 2.05) is 12.1 Å². The summed E-state index contributed by atoms with van der Waals surface area (Å²) >= 11 is 0. The Bertz CT molecular complexity index is 695. The number of nitrogens with one attached hydrogen (secondary N) is 1. The number of ether oxygens (including phenoxy) is 2. The average Bonchev–Trinajstić information content (AvgIpc) is 2.94. The quantitative estimate of drug-likeness (QED) is 0.893. The summed E-state index contributed by atoms with van der Waals surface area (Å²) in [4.78, 5) is 12.0. The Morgan fingerprint density at radius 2 is 2.29 bits per heavy atom. The van der Waals surface area contributed by atoms with Gasteiger partial charge in [-0.05, 0) is 22.6 Å². The highest BCUT2D eigenvalue weighted by Gasteiger charge is 2.15. The van der Waals surface area contributed by atoms with Crippen LogP contribution in [-0.4, -0.2) is 39.3 Å². The van der Waals surface area contributed by atoms with Crippen LogP contribution < -0.4 is 5.32 Å². The monoisotopic (exact) mass is 287 g/mol. The molecule has 0 saturated carbocycles. The second kappa shape index (κ2) is 5.61. The molecule has 0 spiro atoms. The molecule has 2 aromatic rings. The lowest BCUT2D eigenvalue weighted by Crippen LogP contribution is -2.21. The summed E-state index contributed by atoms with van der Waals surface area (Å²) in [5, 5.41) is 14.0. The van der Waals surface area contributed by atoms with Crippen LogP contribution in [0, 0.1) is 0 Å². The Balaban J connectivity index is 1.79. The van der Waals surface area contributed by atoms with Gasteiger partial charge in [0, 0.05) is 18.3 Å². The minimum Gasteiger partial charge on any atom is -0.494 e. The van der Waals surface area contributed by atoms with Crippen molar-refractivity contribution in [2.75, 3.05) is 18.5 Å². The van der Waals surface area contributed by atoms with Gasteiger partial charge >= 0.3 is 0 Å². The number of amides is 1. The smallest absolute Gasteiger partial charge is 0.294 e. The molecular formula is C13H13N5O3. The van der Waals surface area contributed by atoms with Gasteiger partial charge in [-0.15, -0.1) is 5.10 Å². The molecule has 2 heterocycles. The van der Waals surface area contributed by atoms with Gasteiger partial charge < -0.3 is 14.8 Å². The highest BCUT2D eigenvalue weighted by Crippen LogP contribution is 2.20. The lowest BCUT2D eigenvalue weighted by Gasteiger charge is -2.15. The SMILES string of the molecule is Cn1nnnc1-c1cccc(NC(=O)C2=COCCO2)c1. The number of rotatable bonds is 3. The van der Waals surface area contributed by atoms with Crippen molar-refractivity contribution in [3.05, 3.63) is 36.3 Å². The fraction of sp³-hybridized carbons (Fsp3) is 0.231. The molecule has 0 aliphatic carbocycles. The molecule has 108 valence electrons. The number of hydrogen-bond acceptors (Lipinski definition) is 6. The fourth-order valence-electron chi connectivity index (χ4n) is 1.89. The van der Waals surface area contributed by atoms with Crippen LogP contribution in [-0.2, 0) is 21.3 Å². The minimum absolute atomic E-state index is 0.159. The van der Waals surface area contributed by atoms with E-state index in [0.29, 0.717) is 24.7 Å². The zero-order chi connectivity index (χ0) is 14.7. The fourth-order valence-corrected chi connectivity index (χ4v) is 1.89. The van der Waals surface area contributed by atoms with Crippen molar-refractivity contribution in [1.29, 1.82) is 0 Å². The number of tetrazole rings is 1. The first-order valence-corrected chi connectivity index (χ1v) is 6.33. The highest BCUT2D eigenvalue weighted by atomic mass is 16.6. The predicted octanol–water partition coefficient (Wildman–Crippen LogP) is 0.704. The standard InChI is InChI=1S/C13H13N5O3/c1-18-12(15-16-17-18)9-3-2-4-10(7-9)14-13(19)11-8-20-5-6-21-11/h2-4,7-8H,5-6H2,1H3,(H,14,19). The molecule has 8 nitrogen and oxygen atoms in total. The Labute approximate surface area is 120 Å². The van der Waals surface area contributed by atoms with Crippen LogP contribution in [0.5, 0.6) is 0 Å². The van der Waals surface area contributed by atoms with Gasteiger partial charge in [-0.3, -0.25) is 4.79 Å². The number of carbonyl (C=O) groups is 1. The lowest BCUT2D eigenvalue weighted by molar-refractivity contribution is -0.117. The molecule has 3 rings (SSSR count). The van der Waals surface area contributed by atoms with Gasteiger partial charge in [0.2, 0.25) is 5.76 Å². The van der Waals surface area contributed by atoms with E-state index >= 15 is 0 Å². The summed E-state index contributed by atoms with van der Waals surface area (Å²) in [6.45, 7) is 0.815. The van der Waals surface area contributed by atoms with E-state index in [1.165, 1.54) is 6.26 Å². The van der Waals surface area contributed by atoms with E-state index in [9.17, 15) is 4.79 Å². The molecule has 0 bridgehead atoms. The average molecular weight is 287 g/mol. The Kier molecular flexibility index (Phi) is 3.50. The number of hydrogen-bond donors (Lipinski definition) is 1. The normalized spacial score (nSPS) is 13.9. The molecule has 1 N–H and O–H groups in total. The second-order valence-corrected chi connectivity index (χ2v) is 4.36. The van der Waals surface area contributed by atoms with Crippen LogP contribution in [0.15, 0.2) is 36.3 Å². The molecule has 21 heavy (non-hydrogen) atoms. The predicted molar refractivity (Wildman–Crippen MR) is 72.9 cm³/mol. The van der Waals surface area contributed by atoms with Gasteiger partial charge in [0.1, 0.15) is 19.5 Å². The summed E-state index contributed by atoms with van der Waals surface area (Å²) in [5.41, 5.74) is 1.42. The highest BCUT2D eigenvalue weighted by molar-refractivity contribution is 6.02. The molecule has 0 unspecified atom stereocenters. The largest absolute Gasteiger partial charge is 0.494 e. The van der Waals surface area contributed by atoms with Gasteiger partial charge in [-0.25, -0.2) is 4.68 Å². The molecule has 0 saturated heterocycles. The Morgan fingerprint density at radius 3 is 3.00 bits per heavy atom. The second-order valence-electron chi connectivity index (χ2n) is 4.36. The first-order chi connectivity index (χ1) is 10.2. The van der Waals surface area contributed by atoms with Gasteiger partial charge in [0.05, 0.1) is 0 Å². The number of anilines is 1. The number of aryl methyl sites for hydroxylation is 1. The molecule has 0 fully saturated rings. The van der Waals surface area contributed by atoms with Crippen LogP contribution >= 0.6 is 0 Å². The third-order valence-corrected chi connectivity index (χ3v) is 2.87. The van der Waals surface area contributed by atoms with Crippen LogP contribution in [0.2, 0.25) is 0 Å². The van der Waals surface area contributed by atoms with Crippen molar-refractivity contribution in [2.45, 2.75) is 0 Å². The first kappa shape index (κ1) is 13.1. The van der Waals surface area contributed by atoms with Crippen LogP contribution in [0.3, 0.4) is 0 Å². The third kappa shape index (κ3) is 2.83. The third-order valence-electron chi connectivity index (χ3n) is 2.87. The molecule has 1 amide bonds. The maximum absolute atomic E-state index is 12.0. The maximum atomic E-state index is 12.0. The molecule has 1 aromatic heterocycles. The molecule has 8 heteroatoms. The van der Waals surface area contributed by atoms with Gasteiger partial charge in [-0.1, -0.05) is 12.1 Å². The van der Waals surface area contributed by atoms with Gasteiger partial charge in [0.15, 0.2) is 5.82 Å². The molecule has 0 atom stereocenters. The van der Waals surface area contributed by atoms with E-state index in [1.54, 1.807) is 23.9 Å². The number of benzene rings is 1. The molecule has 0 radical (unpaired) electrons. The summed E-state index contributed by atoms with van der Waals surface area (Å²) in [7, 11) is 1.75. The van der Waals surface area contributed by atoms with Crippen LogP contribution in [0.4, 0.5) is 5.69 Å². The van der Waals surface area contributed by atoms with Crippen LogP contribution in [0.25, 0.3) is 11.4 Å². The van der Waals surface area contributed by atoms with E-state index in [0.717, 1.165) is 5.56 Å². The molecular weight excluding hydrogens is 274 g/mol. The van der Waals surface area contributed by atoms with Crippen molar-refractivity contribution < 1.29 is 14.3 Å². The zero-order valence-electron chi connectivity index (χ0n) is 11.3. The van der Waals surface area contributed by atoms with Crippen molar-refractivity contribution in [2.24, 2.45) is 7.05 Å². The molecule has 1 aliphatic rings. The van der Waals surface area contributed by atoms with E-state index in [2.05, 4.69) is 20.8 Å². The Hall–Kier alpha value is -2.90. The zero-order valence-corrected chi connectivity index (χ0v) is 11.3. The van der Waals surface area contributed by atoms with E-state index < -0.39 is 0 Å². The van der Waals surface area contributed by atoms with Crippen LogP contribution in [0.1, 0.15) is 0 Å². The van der Waals surface area contributed by atoms with E-state index in [4.69, 9.17) is 9.47 Å². The summed E-state index contributed by atoms with van der Waals surface area (Å²) < 4.78 is 11.8. The summed E-state index contributed by atoms with van der Waals surface area (Å²) in [6, 6.07) is 7.23. The number of carbonyl (C=O) groups excluding carboxylic acids is 1. The van der Waals surface area contributed by atoms with Crippen molar-refractivity contribution in [1.82, 2.24) is 20.2 Å². The maximum Gasteiger partial charge on any atom is 0.294 e. The first-order valence-electron chi connectivity index (χ1n) is 6.33. The topological polar surface area (TPSA) is 91.2 Å². The van der Waals surface area contributed by atoms with E-state index in [-0.39, 0.29) is 11.7 Å². The van der Waals surface area contributed by atoms with Crippen molar-refractivity contribution >= 4 is 11.6 Å². The van der Waals surface area contributed by atoms with Crippen molar-refractivity contribution in [3.63, 3.8) is 0 Å². The Morgan fingerprint density at radius 1 is 1.38 bits per heavy atom. The van der Waals surface area contributed by atoms with Gasteiger partial charge in [0.25, 0.3) is 5.91 Å². The minimum atomic E-state index is -0.358. The lowest BCUT2D eigenvalue weighted by atomic mass is 10.2. The summed E-state index contributed by atoms with van der Waals surface area (Å²) in [5.74, 6) is 0.414. The number of nitrogens with zero attached hydrogens (tertiary/aromatic N) is 4. The van der Waals surface area contributed by atoms with Crippen molar-refractivity contribution in [3.8, 4) is 11.4 Å². The molecule has 1 aromatic carbocycles. The van der Waals surface area contributed by atoms with Gasteiger partial charge in [-0.2, -0.15) is 0 Å².